The molecule has 28 heavy (non-hydrogen) atoms. The van der Waals surface area contributed by atoms with Gasteiger partial charge >= 0.3 is 0 Å². The van der Waals surface area contributed by atoms with Crippen molar-refractivity contribution in [2.75, 3.05) is 7.11 Å². The van der Waals surface area contributed by atoms with Crippen LogP contribution in [0.15, 0.2) is 53.6 Å². The van der Waals surface area contributed by atoms with Crippen LogP contribution >= 0.6 is 12.2 Å². The molecular weight excluding hydrogens is 376 g/mol. The van der Waals surface area contributed by atoms with Gasteiger partial charge in [0.2, 0.25) is 4.77 Å². The Morgan fingerprint density at radius 2 is 1.96 bits per heavy atom. The molecule has 9 heteroatoms. The number of benzene rings is 2. The van der Waals surface area contributed by atoms with Gasteiger partial charge in [-0.1, -0.05) is 36.4 Å². The molecule has 4 rings (SSSR count). The number of H-pyrrole nitrogens is 1. The van der Waals surface area contributed by atoms with Crippen molar-refractivity contribution in [2.45, 2.75) is 18.5 Å². The molecular formula is C19H20N6O2S. The molecule has 1 saturated heterocycles. The number of methoxy groups -OCH3 is 1. The van der Waals surface area contributed by atoms with Crippen molar-refractivity contribution in [3.05, 3.63) is 70.3 Å². The molecule has 1 aliphatic heterocycles. The van der Waals surface area contributed by atoms with Crippen LogP contribution in [0, 0.1) is 4.77 Å². The Morgan fingerprint density at radius 1 is 1.18 bits per heavy atom. The van der Waals surface area contributed by atoms with Crippen molar-refractivity contribution in [3.8, 4) is 11.5 Å². The number of aromatic amines is 1. The number of nitrogens with zero attached hydrogens (tertiary/aromatic N) is 3. The highest BCUT2D eigenvalue weighted by molar-refractivity contribution is 7.71. The quantitative estimate of drug-likeness (QED) is 0.391. The number of nitrogens with one attached hydrogen (secondary N) is 3. The van der Waals surface area contributed by atoms with Gasteiger partial charge in [0.05, 0.1) is 19.4 Å². The van der Waals surface area contributed by atoms with Gasteiger partial charge < -0.3 is 9.84 Å². The molecule has 1 fully saturated rings. The Balaban J connectivity index is 1.58. The average Bonchev–Trinajstić information content (AvgIpc) is 3.35. The smallest absolute Gasteiger partial charge is 0.216 e. The van der Waals surface area contributed by atoms with Crippen molar-refractivity contribution >= 4 is 18.4 Å². The Labute approximate surface area is 166 Å². The third-order valence-corrected chi connectivity index (χ3v) is 4.92. The molecule has 2 unspecified atom stereocenters. The molecule has 3 aromatic rings. The van der Waals surface area contributed by atoms with Gasteiger partial charge in [-0.05, 0) is 36.3 Å². The maximum atomic E-state index is 10.2. The first kappa shape index (κ1) is 18.4. The monoisotopic (exact) mass is 396 g/mol. The lowest BCUT2D eigenvalue weighted by Gasteiger charge is -2.09. The van der Waals surface area contributed by atoms with E-state index >= 15 is 0 Å². The largest absolute Gasteiger partial charge is 0.504 e. The molecule has 0 aliphatic carbocycles. The molecule has 2 heterocycles. The van der Waals surface area contributed by atoms with Crippen LogP contribution in [0.1, 0.15) is 35.5 Å². The minimum Gasteiger partial charge on any atom is -0.504 e. The average molecular weight is 396 g/mol. The summed E-state index contributed by atoms with van der Waals surface area (Å²) in [6.45, 7) is 0. The number of rotatable bonds is 5. The molecule has 2 aromatic carbocycles. The summed E-state index contributed by atoms with van der Waals surface area (Å²) in [5.41, 5.74) is 8.27. The zero-order valence-corrected chi connectivity index (χ0v) is 16.0. The summed E-state index contributed by atoms with van der Waals surface area (Å²) in [7, 11) is 1.50. The summed E-state index contributed by atoms with van der Waals surface area (Å²) in [5, 5.41) is 21.8. The number of phenols is 1. The van der Waals surface area contributed by atoms with E-state index in [1.165, 1.54) is 18.9 Å². The zero-order valence-electron chi connectivity index (χ0n) is 15.2. The zero-order chi connectivity index (χ0) is 19.5. The molecule has 1 aromatic heterocycles. The normalized spacial score (nSPS) is 19.3. The van der Waals surface area contributed by atoms with Gasteiger partial charge in [-0.15, -0.1) is 0 Å². The second kappa shape index (κ2) is 7.93. The standard InChI is InChI=1S/C19H20N6O2S/c1-27-16-9-5-8-13(17(16)26)11-20-25-18(23-24-19(25)28)15-10-14(21-22-15)12-6-3-2-4-7-12/h2-9,11,14-15,21-22,26H,10H2,1H3,(H,24,28)/b20-11+. The summed E-state index contributed by atoms with van der Waals surface area (Å²) < 4.78 is 7.06. The second-order valence-electron chi connectivity index (χ2n) is 6.38. The molecule has 0 bridgehead atoms. The van der Waals surface area contributed by atoms with Crippen molar-refractivity contribution in [1.82, 2.24) is 25.7 Å². The number of ether oxygens (including phenoxy) is 1. The van der Waals surface area contributed by atoms with Gasteiger partial charge in [0.1, 0.15) is 0 Å². The summed E-state index contributed by atoms with van der Waals surface area (Å²) in [6, 6.07) is 15.5. The fourth-order valence-corrected chi connectivity index (χ4v) is 3.38. The molecule has 0 spiro atoms. The van der Waals surface area contributed by atoms with Crippen molar-refractivity contribution in [1.29, 1.82) is 0 Å². The number of phenolic OH excluding ortho intramolecular Hbond substituents is 1. The third kappa shape index (κ3) is 3.55. The number of aromatic nitrogens is 3. The van der Waals surface area contributed by atoms with Gasteiger partial charge in [-0.25, -0.2) is 10.9 Å². The van der Waals surface area contributed by atoms with E-state index < -0.39 is 0 Å². The van der Waals surface area contributed by atoms with E-state index in [2.05, 4.69) is 38.3 Å². The lowest BCUT2D eigenvalue weighted by atomic mass is 10.0. The first-order valence-electron chi connectivity index (χ1n) is 8.81. The number of hydrogen-bond acceptors (Lipinski definition) is 7. The first-order valence-corrected chi connectivity index (χ1v) is 9.22. The second-order valence-corrected chi connectivity index (χ2v) is 6.77. The minimum absolute atomic E-state index is 0.0233. The third-order valence-electron chi connectivity index (χ3n) is 4.65. The summed E-state index contributed by atoms with van der Waals surface area (Å²) in [5.74, 6) is 1.07. The number of hydrogen-bond donors (Lipinski definition) is 4. The van der Waals surface area contributed by atoms with Gasteiger partial charge in [0, 0.05) is 11.6 Å². The van der Waals surface area contributed by atoms with Gasteiger partial charge in [0.15, 0.2) is 17.3 Å². The first-order chi connectivity index (χ1) is 13.7. The van der Waals surface area contributed by atoms with E-state index in [1.807, 2.05) is 18.2 Å². The van der Waals surface area contributed by atoms with Crippen LogP contribution in [-0.4, -0.2) is 33.3 Å². The van der Waals surface area contributed by atoms with Gasteiger partial charge in [-0.3, -0.25) is 5.10 Å². The molecule has 0 radical (unpaired) electrons. The van der Waals surface area contributed by atoms with E-state index in [-0.39, 0.29) is 17.8 Å². The van der Waals surface area contributed by atoms with Crippen LogP contribution < -0.4 is 15.6 Å². The predicted molar refractivity (Wildman–Crippen MR) is 108 cm³/mol. The van der Waals surface area contributed by atoms with Crippen LogP contribution in [0.2, 0.25) is 0 Å². The lowest BCUT2D eigenvalue weighted by Crippen LogP contribution is -2.27. The molecule has 4 N–H and O–H groups in total. The van der Waals surface area contributed by atoms with Crippen molar-refractivity contribution < 1.29 is 9.84 Å². The van der Waals surface area contributed by atoms with E-state index in [4.69, 9.17) is 17.0 Å². The Hall–Kier alpha value is -3.01. The summed E-state index contributed by atoms with van der Waals surface area (Å²) >= 11 is 5.32. The van der Waals surface area contributed by atoms with Crippen molar-refractivity contribution in [3.63, 3.8) is 0 Å². The lowest BCUT2D eigenvalue weighted by molar-refractivity contribution is 0.373. The number of aromatic hydroxyl groups is 1. The van der Waals surface area contributed by atoms with E-state index in [9.17, 15) is 5.11 Å². The fraction of sp³-hybridized carbons (Fsp3) is 0.211. The van der Waals surface area contributed by atoms with E-state index in [1.54, 1.807) is 22.9 Å². The highest BCUT2D eigenvalue weighted by Gasteiger charge is 2.29. The van der Waals surface area contributed by atoms with E-state index in [0.717, 1.165) is 6.42 Å². The van der Waals surface area contributed by atoms with Crippen molar-refractivity contribution in [2.24, 2.45) is 5.10 Å². The van der Waals surface area contributed by atoms with Crippen LogP contribution in [-0.2, 0) is 0 Å². The SMILES string of the molecule is COc1cccc(/C=N/n2c(C3CC(c4ccccc4)NN3)n[nH]c2=S)c1O. The van der Waals surface area contributed by atoms with Crippen LogP contribution in [0.3, 0.4) is 0 Å². The Morgan fingerprint density at radius 3 is 2.75 bits per heavy atom. The highest BCUT2D eigenvalue weighted by atomic mass is 32.1. The maximum absolute atomic E-state index is 10.2. The molecule has 144 valence electrons. The molecule has 1 aliphatic rings. The predicted octanol–water partition coefficient (Wildman–Crippen LogP) is 2.82. The summed E-state index contributed by atoms with van der Waals surface area (Å²) in [6.07, 6.45) is 2.33. The Bertz CT molecular complexity index is 1050. The van der Waals surface area contributed by atoms with Gasteiger partial charge in [-0.2, -0.15) is 14.9 Å². The molecule has 0 amide bonds. The summed E-state index contributed by atoms with van der Waals surface area (Å²) in [4.78, 5) is 0. The fourth-order valence-electron chi connectivity index (χ4n) is 3.20. The number of para-hydroxylation sites is 1. The minimum atomic E-state index is -0.0748. The molecule has 8 nitrogen and oxygen atoms in total. The number of hydrazine groups is 1. The maximum Gasteiger partial charge on any atom is 0.216 e. The molecule has 2 atom stereocenters. The topological polar surface area (TPSA) is 99.5 Å². The van der Waals surface area contributed by atoms with Gasteiger partial charge in [0.25, 0.3) is 0 Å². The van der Waals surface area contributed by atoms with Crippen LogP contribution in [0.5, 0.6) is 11.5 Å². The van der Waals surface area contributed by atoms with E-state index in [0.29, 0.717) is 21.9 Å². The Kier molecular flexibility index (Phi) is 5.20. The highest BCUT2D eigenvalue weighted by Crippen LogP contribution is 2.30. The molecule has 0 saturated carbocycles. The van der Waals surface area contributed by atoms with Crippen LogP contribution in [0.25, 0.3) is 0 Å². The van der Waals surface area contributed by atoms with Crippen LogP contribution in [0.4, 0.5) is 0 Å².